The molecule has 0 amide bonds. The smallest absolute Gasteiger partial charge is 0.139 e. The van der Waals surface area contributed by atoms with Crippen LogP contribution in [0.15, 0.2) is 66.9 Å². The highest BCUT2D eigenvalue weighted by atomic mass is 19.1. The molecule has 0 unspecified atom stereocenters. The third-order valence-corrected chi connectivity index (χ3v) is 3.18. The van der Waals surface area contributed by atoms with E-state index in [9.17, 15) is 8.78 Å². The van der Waals surface area contributed by atoms with Crippen LogP contribution in [-0.4, -0.2) is 4.98 Å². The Hall–Kier alpha value is -2.75. The molecule has 0 aliphatic rings. The van der Waals surface area contributed by atoms with E-state index in [0.29, 0.717) is 0 Å². The van der Waals surface area contributed by atoms with Crippen LogP contribution in [0.25, 0.3) is 11.3 Å². The lowest BCUT2D eigenvalue weighted by atomic mass is 10.1. The summed E-state index contributed by atoms with van der Waals surface area (Å²) in [7, 11) is 0. The molecule has 110 valence electrons. The topological polar surface area (TPSA) is 22.1 Å². The Kier molecular flexibility index (Phi) is 4.10. The molecule has 0 atom stereocenters. The minimum absolute atomic E-state index is 0.146. The second kappa shape index (κ2) is 6.35. The number of hydrogen-bond acceptors (Lipinski definition) is 2. The van der Waals surface area contributed by atoms with Crippen molar-refractivity contribution >= 4 is 0 Å². The number of nitrogens with zero attached hydrogens (tertiary/aromatic N) is 1. The van der Waals surface area contributed by atoms with Gasteiger partial charge in [-0.05, 0) is 17.7 Å². The largest absolute Gasteiger partial charge is 0.489 e. The molecule has 2 nitrogen and oxygen atoms in total. The van der Waals surface area contributed by atoms with Crippen LogP contribution in [0.5, 0.6) is 5.75 Å². The Morgan fingerprint density at radius 2 is 1.55 bits per heavy atom. The normalized spacial score (nSPS) is 10.5. The molecule has 0 saturated carbocycles. The lowest BCUT2D eigenvalue weighted by Crippen LogP contribution is -1.98. The van der Waals surface area contributed by atoms with E-state index < -0.39 is 11.6 Å². The van der Waals surface area contributed by atoms with Crippen LogP contribution >= 0.6 is 0 Å². The fraction of sp³-hybridized carbons (Fsp3) is 0.0556. The Morgan fingerprint density at radius 3 is 2.18 bits per heavy atom. The maximum absolute atomic E-state index is 14.2. The molecule has 1 heterocycles. The van der Waals surface area contributed by atoms with Crippen LogP contribution in [0.3, 0.4) is 0 Å². The number of aromatic nitrogens is 1. The van der Waals surface area contributed by atoms with Gasteiger partial charge in [0.15, 0.2) is 0 Å². The standard InChI is InChI=1S/C18H13F2NO/c19-15-10-14(22-12-13-6-2-1-3-7-13)11-16(20)18(15)17-8-4-5-9-21-17/h1-11H,12H2. The number of pyridine rings is 1. The maximum Gasteiger partial charge on any atom is 0.139 e. The van der Waals surface area contributed by atoms with Crippen molar-refractivity contribution in [2.24, 2.45) is 0 Å². The Bertz CT molecular complexity index is 738. The van der Waals surface area contributed by atoms with Crippen LogP contribution in [0, 0.1) is 11.6 Å². The SMILES string of the molecule is Fc1cc(OCc2ccccc2)cc(F)c1-c1ccccn1. The van der Waals surface area contributed by atoms with E-state index in [0.717, 1.165) is 5.56 Å². The summed E-state index contributed by atoms with van der Waals surface area (Å²) in [5, 5.41) is 0. The molecule has 4 heteroatoms. The fourth-order valence-electron chi connectivity index (χ4n) is 2.13. The molecule has 1 aromatic heterocycles. The van der Waals surface area contributed by atoms with Crippen LogP contribution < -0.4 is 4.74 Å². The van der Waals surface area contributed by atoms with Gasteiger partial charge in [0.05, 0.1) is 11.3 Å². The predicted octanol–water partition coefficient (Wildman–Crippen LogP) is 4.61. The molecule has 0 N–H and O–H groups in total. The van der Waals surface area contributed by atoms with Gasteiger partial charge in [-0.25, -0.2) is 8.78 Å². The van der Waals surface area contributed by atoms with Gasteiger partial charge in [0, 0.05) is 18.3 Å². The van der Waals surface area contributed by atoms with E-state index in [1.54, 1.807) is 18.2 Å². The third-order valence-electron chi connectivity index (χ3n) is 3.18. The minimum Gasteiger partial charge on any atom is -0.489 e. The molecule has 0 bridgehead atoms. The Balaban J connectivity index is 1.84. The monoisotopic (exact) mass is 297 g/mol. The van der Waals surface area contributed by atoms with Crippen molar-refractivity contribution in [1.29, 1.82) is 0 Å². The van der Waals surface area contributed by atoms with E-state index in [1.807, 2.05) is 30.3 Å². The lowest BCUT2D eigenvalue weighted by molar-refractivity contribution is 0.303. The van der Waals surface area contributed by atoms with E-state index in [2.05, 4.69) is 4.98 Å². The molecule has 22 heavy (non-hydrogen) atoms. The summed E-state index contributed by atoms with van der Waals surface area (Å²) in [4.78, 5) is 3.97. The van der Waals surface area contributed by atoms with Gasteiger partial charge in [-0.3, -0.25) is 4.98 Å². The summed E-state index contributed by atoms with van der Waals surface area (Å²) in [6.07, 6.45) is 1.49. The average molecular weight is 297 g/mol. The van der Waals surface area contributed by atoms with E-state index in [1.165, 1.54) is 18.3 Å². The van der Waals surface area contributed by atoms with Crippen molar-refractivity contribution in [3.8, 4) is 17.0 Å². The summed E-state index contributed by atoms with van der Waals surface area (Å²) in [5.74, 6) is -1.23. The lowest BCUT2D eigenvalue weighted by Gasteiger charge is -2.09. The molecule has 0 saturated heterocycles. The van der Waals surface area contributed by atoms with Gasteiger partial charge in [0.25, 0.3) is 0 Å². The molecule has 0 fully saturated rings. The zero-order chi connectivity index (χ0) is 15.4. The Labute approximate surface area is 127 Å². The van der Waals surface area contributed by atoms with Gasteiger partial charge in [0.2, 0.25) is 0 Å². The number of rotatable bonds is 4. The number of ether oxygens (including phenoxy) is 1. The quantitative estimate of drug-likeness (QED) is 0.702. The number of halogens is 2. The summed E-state index contributed by atoms with van der Waals surface area (Å²) in [6.45, 7) is 0.253. The second-order valence-corrected chi connectivity index (χ2v) is 4.75. The molecule has 2 aromatic carbocycles. The Morgan fingerprint density at radius 1 is 0.864 bits per heavy atom. The van der Waals surface area contributed by atoms with Crippen molar-refractivity contribution in [3.63, 3.8) is 0 Å². The van der Waals surface area contributed by atoms with Crippen molar-refractivity contribution in [2.75, 3.05) is 0 Å². The fourth-order valence-corrected chi connectivity index (χ4v) is 2.13. The summed E-state index contributed by atoms with van der Waals surface area (Å²) in [5.41, 5.74) is 1.04. The highest BCUT2D eigenvalue weighted by molar-refractivity contribution is 5.61. The molecular formula is C18H13F2NO. The van der Waals surface area contributed by atoms with Gasteiger partial charge < -0.3 is 4.74 Å². The van der Waals surface area contributed by atoms with E-state index >= 15 is 0 Å². The molecule has 3 aromatic rings. The molecular weight excluding hydrogens is 284 g/mol. The van der Waals surface area contributed by atoms with Crippen molar-refractivity contribution < 1.29 is 13.5 Å². The summed E-state index contributed by atoms with van der Waals surface area (Å²) in [6, 6.07) is 16.7. The predicted molar refractivity (Wildman–Crippen MR) is 80.4 cm³/mol. The van der Waals surface area contributed by atoms with Crippen LogP contribution in [0.2, 0.25) is 0 Å². The van der Waals surface area contributed by atoms with Gasteiger partial charge in [-0.1, -0.05) is 36.4 Å². The highest BCUT2D eigenvalue weighted by Gasteiger charge is 2.14. The van der Waals surface area contributed by atoms with Crippen LogP contribution in [0.1, 0.15) is 5.56 Å². The van der Waals surface area contributed by atoms with Crippen molar-refractivity contribution in [1.82, 2.24) is 4.98 Å². The van der Waals surface area contributed by atoms with Gasteiger partial charge in [0.1, 0.15) is 24.0 Å². The van der Waals surface area contributed by atoms with Crippen LogP contribution in [-0.2, 0) is 6.61 Å². The zero-order valence-corrected chi connectivity index (χ0v) is 11.7. The molecule has 0 aliphatic heterocycles. The zero-order valence-electron chi connectivity index (χ0n) is 11.7. The van der Waals surface area contributed by atoms with E-state index in [4.69, 9.17) is 4.74 Å². The minimum atomic E-state index is -0.693. The average Bonchev–Trinajstić information content (AvgIpc) is 2.54. The van der Waals surface area contributed by atoms with Crippen LogP contribution in [0.4, 0.5) is 8.78 Å². The molecule has 0 spiro atoms. The molecule has 3 rings (SSSR count). The highest BCUT2D eigenvalue weighted by Crippen LogP contribution is 2.28. The number of hydrogen-bond donors (Lipinski definition) is 0. The van der Waals surface area contributed by atoms with Crippen molar-refractivity contribution in [3.05, 3.63) is 84.1 Å². The van der Waals surface area contributed by atoms with E-state index in [-0.39, 0.29) is 23.6 Å². The first-order valence-corrected chi connectivity index (χ1v) is 6.81. The summed E-state index contributed by atoms with van der Waals surface area (Å²) < 4.78 is 33.8. The first-order chi connectivity index (χ1) is 10.7. The second-order valence-electron chi connectivity index (χ2n) is 4.75. The first kappa shape index (κ1) is 14.2. The third kappa shape index (κ3) is 3.11. The van der Waals surface area contributed by atoms with Gasteiger partial charge in [-0.15, -0.1) is 0 Å². The molecule has 0 aliphatic carbocycles. The van der Waals surface area contributed by atoms with Gasteiger partial charge in [-0.2, -0.15) is 0 Å². The number of benzene rings is 2. The maximum atomic E-state index is 14.2. The summed E-state index contributed by atoms with van der Waals surface area (Å²) >= 11 is 0. The van der Waals surface area contributed by atoms with Gasteiger partial charge >= 0.3 is 0 Å². The van der Waals surface area contributed by atoms with Crippen molar-refractivity contribution in [2.45, 2.75) is 6.61 Å². The molecule has 0 radical (unpaired) electrons. The first-order valence-electron chi connectivity index (χ1n) is 6.81.